The third kappa shape index (κ3) is 2.73. The molecule has 0 aliphatic rings. The molecule has 0 radical (unpaired) electrons. The summed E-state index contributed by atoms with van der Waals surface area (Å²) in [7, 11) is 0. The van der Waals surface area contributed by atoms with Gasteiger partial charge in [-0.2, -0.15) is 0 Å². The summed E-state index contributed by atoms with van der Waals surface area (Å²) in [6.45, 7) is 1.71. The second-order valence-electron chi connectivity index (χ2n) is 4.41. The number of carbonyl (C=O) groups is 1. The predicted octanol–water partition coefficient (Wildman–Crippen LogP) is 3.10. The van der Waals surface area contributed by atoms with Crippen LogP contribution < -0.4 is 10.9 Å². The highest BCUT2D eigenvalue weighted by atomic mass is 79.9. The third-order valence-corrected chi connectivity index (χ3v) is 3.31. The number of halogens is 1. The molecule has 7 heteroatoms. The van der Waals surface area contributed by atoms with Crippen molar-refractivity contribution in [3.8, 4) is 0 Å². The minimum atomic E-state index is -0.574. The van der Waals surface area contributed by atoms with Gasteiger partial charge < -0.3 is 14.3 Å². The Balaban J connectivity index is 1.98. The zero-order chi connectivity index (χ0) is 15.0. The molecular formula is C14H9BrN2O4. The van der Waals surface area contributed by atoms with Gasteiger partial charge in [-0.25, -0.2) is 4.79 Å². The summed E-state index contributed by atoms with van der Waals surface area (Å²) < 4.78 is 10.6. The number of amides is 1. The molecule has 0 spiro atoms. The number of nitrogens with one attached hydrogen (secondary N) is 1. The molecule has 0 unspecified atom stereocenters. The molecule has 21 heavy (non-hydrogen) atoms. The Morgan fingerprint density at radius 2 is 2.10 bits per heavy atom. The van der Waals surface area contributed by atoms with Gasteiger partial charge in [-0.05, 0) is 30.5 Å². The van der Waals surface area contributed by atoms with E-state index in [1.54, 1.807) is 31.2 Å². The molecule has 0 bridgehead atoms. The lowest BCUT2D eigenvalue weighted by atomic mass is 10.1. The molecule has 1 aromatic carbocycles. The van der Waals surface area contributed by atoms with Crippen LogP contribution in [0.4, 0.5) is 5.82 Å². The van der Waals surface area contributed by atoms with Crippen LogP contribution in [0.15, 0.2) is 48.5 Å². The summed E-state index contributed by atoms with van der Waals surface area (Å²) >= 11 is 3.28. The molecule has 0 atom stereocenters. The first-order valence-electron chi connectivity index (χ1n) is 6.01. The number of hydrogen-bond acceptors (Lipinski definition) is 5. The van der Waals surface area contributed by atoms with Crippen molar-refractivity contribution in [3.05, 3.63) is 56.7 Å². The van der Waals surface area contributed by atoms with Crippen molar-refractivity contribution >= 4 is 38.4 Å². The Labute approximate surface area is 126 Å². The van der Waals surface area contributed by atoms with E-state index in [1.165, 1.54) is 6.07 Å². The molecule has 2 heterocycles. The van der Waals surface area contributed by atoms with E-state index in [4.69, 9.17) is 8.94 Å². The van der Waals surface area contributed by atoms with Crippen molar-refractivity contribution in [2.24, 2.45) is 0 Å². The molecule has 0 fully saturated rings. The highest BCUT2D eigenvalue weighted by Crippen LogP contribution is 2.18. The summed E-state index contributed by atoms with van der Waals surface area (Å²) in [5, 5.41) is 7.16. The molecule has 2 aromatic heterocycles. The van der Waals surface area contributed by atoms with Gasteiger partial charge in [0.05, 0.1) is 5.39 Å². The number of anilines is 1. The molecule has 3 rings (SSSR count). The fourth-order valence-electron chi connectivity index (χ4n) is 1.87. The maximum atomic E-state index is 12.1. The predicted molar refractivity (Wildman–Crippen MR) is 79.4 cm³/mol. The van der Waals surface area contributed by atoms with Crippen molar-refractivity contribution in [3.63, 3.8) is 0 Å². The number of fused-ring (bicyclic) bond motifs is 1. The number of nitrogens with zero attached hydrogens (tertiary/aromatic N) is 1. The van der Waals surface area contributed by atoms with E-state index in [-0.39, 0.29) is 11.6 Å². The zero-order valence-corrected chi connectivity index (χ0v) is 12.4. The highest BCUT2D eigenvalue weighted by molar-refractivity contribution is 9.10. The van der Waals surface area contributed by atoms with Crippen LogP contribution in [0.25, 0.3) is 10.8 Å². The molecule has 0 saturated heterocycles. The van der Waals surface area contributed by atoms with E-state index in [9.17, 15) is 9.59 Å². The minimum Gasteiger partial charge on any atom is -0.417 e. The number of rotatable bonds is 2. The molecule has 3 aromatic rings. The second-order valence-corrected chi connectivity index (χ2v) is 5.32. The zero-order valence-electron chi connectivity index (χ0n) is 10.8. The summed E-state index contributed by atoms with van der Waals surface area (Å²) in [6, 6.07) is 8.22. The van der Waals surface area contributed by atoms with E-state index < -0.39 is 11.5 Å². The number of benzene rings is 1. The summed E-state index contributed by atoms with van der Waals surface area (Å²) in [4.78, 5) is 24.0. The second kappa shape index (κ2) is 5.17. The molecular weight excluding hydrogens is 340 g/mol. The molecule has 106 valence electrons. The Hall–Kier alpha value is -2.41. The van der Waals surface area contributed by atoms with Gasteiger partial charge in [-0.1, -0.05) is 27.2 Å². The quantitative estimate of drug-likeness (QED) is 0.768. The van der Waals surface area contributed by atoms with Crippen molar-refractivity contribution < 1.29 is 13.7 Å². The van der Waals surface area contributed by atoms with Gasteiger partial charge in [0.2, 0.25) is 0 Å². The number of hydrogen-bond donors (Lipinski definition) is 1. The van der Waals surface area contributed by atoms with E-state index in [0.29, 0.717) is 16.5 Å². The van der Waals surface area contributed by atoms with Gasteiger partial charge in [0.1, 0.15) is 5.76 Å². The Morgan fingerprint density at radius 1 is 1.29 bits per heavy atom. The third-order valence-electron chi connectivity index (χ3n) is 2.82. The molecule has 0 saturated carbocycles. The van der Waals surface area contributed by atoms with E-state index in [2.05, 4.69) is 26.4 Å². The van der Waals surface area contributed by atoms with Gasteiger partial charge in [-0.3, -0.25) is 4.79 Å². The number of aryl methyl sites for hydroxylation is 1. The van der Waals surface area contributed by atoms with Crippen LogP contribution in [-0.2, 0) is 0 Å². The van der Waals surface area contributed by atoms with E-state index in [1.807, 2.05) is 0 Å². The van der Waals surface area contributed by atoms with Gasteiger partial charge in [0.15, 0.2) is 11.6 Å². The SMILES string of the molecule is Cc1cc(NC(=O)c2cc3ccc(Br)cc3c(=O)o2)no1. The molecule has 6 nitrogen and oxygen atoms in total. The summed E-state index contributed by atoms with van der Waals surface area (Å²) in [5.74, 6) is 0.173. The lowest BCUT2D eigenvalue weighted by Gasteiger charge is -2.02. The van der Waals surface area contributed by atoms with Gasteiger partial charge in [0, 0.05) is 10.5 Å². The fraction of sp³-hybridized carbons (Fsp3) is 0.0714. The Bertz CT molecular complexity index is 897. The summed E-state index contributed by atoms with van der Waals surface area (Å²) in [6.07, 6.45) is 0. The fourth-order valence-corrected chi connectivity index (χ4v) is 2.23. The number of aromatic nitrogens is 1. The van der Waals surface area contributed by atoms with Crippen LogP contribution in [0.3, 0.4) is 0 Å². The monoisotopic (exact) mass is 348 g/mol. The van der Waals surface area contributed by atoms with Crippen molar-refractivity contribution in [2.45, 2.75) is 6.92 Å². The molecule has 0 aliphatic carbocycles. The first-order chi connectivity index (χ1) is 10.0. The largest absolute Gasteiger partial charge is 0.417 e. The number of carbonyl (C=O) groups excluding carboxylic acids is 1. The smallest absolute Gasteiger partial charge is 0.344 e. The average Bonchev–Trinajstić information content (AvgIpc) is 2.84. The Kier molecular flexibility index (Phi) is 3.34. The van der Waals surface area contributed by atoms with E-state index in [0.717, 1.165) is 4.47 Å². The van der Waals surface area contributed by atoms with Crippen molar-refractivity contribution in [1.82, 2.24) is 5.16 Å². The highest BCUT2D eigenvalue weighted by Gasteiger charge is 2.14. The van der Waals surface area contributed by atoms with Crippen LogP contribution in [0.2, 0.25) is 0 Å². The van der Waals surface area contributed by atoms with Crippen molar-refractivity contribution in [2.75, 3.05) is 5.32 Å². The maximum Gasteiger partial charge on any atom is 0.344 e. The first kappa shape index (κ1) is 13.6. The lowest BCUT2D eigenvalue weighted by Crippen LogP contribution is -2.15. The van der Waals surface area contributed by atoms with Gasteiger partial charge in [-0.15, -0.1) is 0 Å². The lowest BCUT2D eigenvalue weighted by molar-refractivity contribution is 0.0992. The van der Waals surface area contributed by atoms with Crippen LogP contribution in [0.1, 0.15) is 16.3 Å². The van der Waals surface area contributed by atoms with Crippen LogP contribution in [-0.4, -0.2) is 11.1 Å². The molecule has 1 amide bonds. The minimum absolute atomic E-state index is 0.0875. The molecule has 0 aliphatic heterocycles. The first-order valence-corrected chi connectivity index (χ1v) is 6.80. The maximum absolute atomic E-state index is 12.1. The van der Waals surface area contributed by atoms with Crippen molar-refractivity contribution in [1.29, 1.82) is 0 Å². The van der Waals surface area contributed by atoms with Crippen LogP contribution in [0, 0.1) is 6.92 Å². The summed E-state index contributed by atoms with van der Waals surface area (Å²) in [5.41, 5.74) is -0.574. The van der Waals surface area contributed by atoms with Gasteiger partial charge >= 0.3 is 5.63 Å². The topological polar surface area (TPSA) is 85.3 Å². The van der Waals surface area contributed by atoms with Crippen LogP contribution >= 0.6 is 15.9 Å². The van der Waals surface area contributed by atoms with Gasteiger partial charge in [0.25, 0.3) is 5.91 Å². The molecule has 1 N–H and O–H groups in total. The standard InChI is InChI=1S/C14H9BrN2O4/c1-7-4-12(17-21-7)16-13(18)11-5-8-2-3-9(15)6-10(8)14(19)20-11/h2-6H,1H3,(H,16,17,18). The van der Waals surface area contributed by atoms with E-state index >= 15 is 0 Å². The van der Waals surface area contributed by atoms with Crippen LogP contribution in [0.5, 0.6) is 0 Å². The Morgan fingerprint density at radius 3 is 2.81 bits per heavy atom. The normalized spacial score (nSPS) is 10.8. The average molecular weight is 349 g/mol.